The first-order chi connectivity index (χ1) is 22.8. The highest BCUT2D eigenvalue weighted by Gasteiger charge is 2.87. The van der Waals surface area contributed by atoms with Crippen LogP contribution in [0, 0.1) is 28.1 Å². The molecule has 0 aromatic carbocycles. The minimum atomic E-state index is -1.78. The van der Waals surface area contributed by atoms with Gasteiger partial charge in [0, 0.05) is 35.7 Å². The molecule has 2 saturated carbocycles. The van der Waals surface area contributed by atoms with Crippen LogP contribution in [0.5, 0.6) is 0 Å². The average Bonchev–Trinajstić information content (AvgIpc) is 3.60. The van der Waals surface area contributed by atoms with Crippen molar-refractivity contribution in [1.82, 2.24) is 0 Å². The lowest BCUT2D eigenvalue weighted by molar-refractivity contribution is -0.328. The second kappa shape index (κ2) is 11.8. The summed E-state index contributed by atoms with van der Waals surface area (Å²) in [5.41, 5.74) is -6.51. The quantitative estimate of drug-likeness (QED) is 0.198. The van der Waals surface area contributed by atoms with Gasteiger partial charge in [-0.3, -0.25) is 14.4 Å². The van der Waals surface area contributed by atoms with Crippen molar-refractivity contribution in [2.24, 2.45) is 28.1 Å². The summed E-state index contributed by atoms with van der Waals surface area (Å²) in [5, 5.41) is 52.3. The van der Waals surface area contributed by atoms with Gasteiger partial charge in [-0.15, -0.1) is 0 Å². The Morgan fingerprint density at radius 2 is 1.71 bits per heavy atom. The minimum Gasteiger partial charge on any atom is -0.479 e. The van der Waals surface area contributed by atoms with Gasteiger partial charge in [0.2, 0.25) is 0 Å². The SMILES string of the molecule is CC(=O)O[C@@H]1CC(=O)OC(C)(C)[C@@H]2CC(=O)[C@]3(C)[C@H](CC[C@@](C)(C(O[C@@H]4O[C@H](CO)[C@@H](O)[C@H](O)[C@H]4O)c4ccoc4)C34O[C@H]4C(=O)O)[C@@]12C. The smallest absolute Gasteiger partial charge is 0.335 e. The van der Waals surface area contributed by atoms with Gasteiger partial charge in [0.05, 0.1) is 37.1 Å². The lowest BCUT2D eigenvalue weighted by Crippen LogP contribution is -2.72. The van der Waals surface area contributed by atoms with Crippen molar-refractivity contribution < 1.29 is 72.8 Å². The van der Waals surface area contributed by atoms with Crippen LogP contribution in [0.3, 0.4) is 0 Å². The third kappa shape index (κ3) is 4.94. The van der Waals surface area contributed by atoms with Gasteiger partial charge < -0.3 is 53.6 Å². The molecular formula is C34H46O15. The van der Waals surface area contributed by atoms with Crippen molar-refractivity contribution in [2.45, 2.75) is 127 Å². The molecule has 3 saturated heterocycles. The van der Waals surface area contributed by atoms with Crippen LogP contribution in [0.1, 0.15) is 78.9 Å². The molecule has 1 aromatic heterocycles. The van der Waals surface area contributed by atoms with Gasteiger partial charge in [-0.25, -0.2) is 4.79 Å². The summed E-state index contributed by atoms with van der Waals surface area (Å²) >= 11 is 0. The number of carboxylic acid groups (broad SMARTS) is 1. The number of hydrogen-bond acceptors (Lipinski definition) is 14. The normalized spacial score (nSPS) is 46.5. The topological polar surface area (TPSA) is 232 Å². The van der Waals surface area contributed by atoms with E-state index in [-0.39, 0.29) is 31.5 Å². The van der Waals surface area contributed by atoms with E-state index in [2.05, 4.69) is 0 Å². The Morgan fingerprint density at radius 1 is 1.02 bits per heavy atom. The second-order valence-corrected chi connectivity index (χ2v) is 15.5. The van der Waals surface area contributed by atoms with Crippen molar-refractivity contribution >= 4 is 23.7 Å². The third-order valence-corrected chi connectivity index (χ3v) is 12.7. The first-order valence-corrected chi connectivity index (χ1v) is 16.6. The number of epoxide rings is 1. The van der Waals surface area contributed by atoms with Gasteiger partial charge in [-0.1, -0.05) is 13.8 Å². The molecule has 49 heavy (non-hydrogen) atoms. The fourth-order valence-corrected chi connectivity index (χ4v) is 10.4. The van der Waals surface area contributed by atoms with E-state index < -0.39 is 113 Å². The molecule has 1 aromatic rings. The Labute approximate surface area is 282 Å². The molecule has 5 aliphatic rings. The number of carboxylic acids is 1. The number of Topliss-reactive ketones (excluding diaryl/α,β-unsaturated/α-hetero) is 1. The molecule has 15 heteroatoms. The van der Waals surface area contributed by atoms with Crippen LogP contribution in [-0.2, 0) is 42.9 Å². The van der Waals surface area contributed by atoms with Gasteiger partial charge in [0.1, 0.15) is 47.5 Å². The lowest BCUT2D eigenvalue weighted by Gasteiger charge is -2.65. The Hall–Kier alpha value is -2.92. The zero-order chi connectivity index (χ0) is 36.1. The standard InChI is InChI=1S/C34H46O15/c1-15(36)45-21-12-22(38)48-30(2,3)19-11-20(37)33(6)18(32(19,21)5)7-9-31(4,34(33)27(49-34)28(42)43)26(16-8-10-44-14-16)47-29-25(41)24(40)23(39)17(13-35)46-29/h8,10,14,17-19,21,23-27,29,35,39-41H,7,9,11-13H2,1-6H3,(H,42,43)/t17-,18-,19+,21-,23-,24+,25-,26?,27+,29+,31+,32-,33+,34?/m1/s1. The molecule has 0 amide bonds. The number of carbonyl (C=O) groups excluding carboxylic acids is 3. The number of carbonyl (C=O) groups is 4. The van der Waals surface area contributed by atoms with Crippen molar-refractivity contribution in [3.63, 3.8) is 0 Å². The highest BCUT2D eigenvalue weighted by atomic mass is 16.7. The molecule has 2 aliphatic carbocycles. The summed E-state index contributed by atoms with van der Waals surface area (Å²) in [4.78, 5) is 53.4. The second-order valence-electron chi connectivity index (χ2n) is 15.5. The number of aliphatic hydroxyl groups is 4. The maximum atomic E-state index is 14.8. The number of ether oxygens (including phenoxy) is 5. The van der Waals surface area contributed by atoms with Gasteiger partial charge in [0.25, 0.3) is 0 Å². The molecular weight excluding hydrogens is 648 g/mol. The summed E-state index contributed by atoms with van der Waals surface area (Å²) < 4.78 is 35.6. The van der Waals surface area contributed by atoms with Crippen molar-refractivity contribution in [3.05, 3.63) is 24.2 Å². The van der Waals surface area contributed by atoms with E-state index in [1.54, 1.807) is 33.8 Å². The molecule has 2 unspecified atom stereocenters. The molecule has 0 bridgehead atoms. The summed E-state index contributed by atoms with van der Waals surface area (Å²) in [5.74, 6) is -4.14. The molecule has 0 radical (unpaired) electrons. The van der Waals surface area contributed by atoms with Crippen LogP contribution in [0.2, 0.25) is 0 Å². The highest BCUT2D eigenvalue weighted by Crippen LogP contribution is 2.77. The number of furan rings is 1. The summed E-state index contributed by atoms with van der Waals surface area (Å²) in [6, 6.07) is 1.58. The van der Waals surface area contributed by atoms with Gasteiger partial charge in [-0.05, 0) is 45.6 Å². The number of hydrogen-bond donors (Lipinski definition) is 5. The maximum Gasteiger partial charge on any atom is 0.335 e. The van der Waals surface area contributed by atoms with E-state index in [1.807, 2.05) is 6.92 Å². The molecule has 1 spiro atoms. The zero-order valence-electron chi connectivity index (χ0n) is 28.4. The number of cyclic esters (lactones) is 1. The summed E-state index contributed by atoms with van der Waals surface area (Å²) in [6.45, 7) is 9.26. The van der Waals surface area contributed by atoms with Crippen LogP contribution in [-0.4, -0.2) is 110 Å². The molecule has 272 valence electrons. The van der Waals surface area contributed by atoms with Crippen molar-refractivity contribution in [3.8, 4) is 0 Å². The summed E-state index contributed by atoms with van der Waals surface area (Å²) in [6.07, 6.45) is -8.99. The van der Waals surface area contributed by atoms with E-state index in [0.717, 1.165) is 0 Å². The highest BCUT2D eigenvalue weighted by molar-refractivity contribution is 5.92. The first-order valence-electron chi connectivity index (χ1n) is 16.6. The monoisotopic (exact) mass is 694 g/mol. The zero-order valence-corrected chi connectivity index (χ0v) is 28.4. The number of aliphatic carboxylic acids is 1. The Kier molecular flexibility index (Phi) is 8.66. The molecule has 15 nitrogen and oxygen atoms in total. The molecule has 5 fully saturated rings. The van der Waals surface area contributed by atoms with E-state index in [4.69, 9.17) is 28.1 Å². The predicted molar refractivity (Wildman–Crippen MR) is 162 cm³/mol. The van der Waals surface area contributed by atoms with Crippen molar-refractivity contribution in [1.29, 1.82) is 0 Å². The molecule has 5 N–H and O–H groups in total. The van der Waals surface area contributed by atoms with E-state index in [0.29, 0.717) is 5.56 Å². The fourth-order valence-electron chi connectivity index (χ4n) is 10.4. The number of aliphatic hydroxyl groups excluding tert-OH is 4. The van der Waals surface area contributed by atoms with Crippen LogP contribution in [0.15, 0.2) is 23.0 Å². The number of fused-ring (bicyclic) bond motifs is 4. The minimum absolute atomic E-state index is 0.140. The number of esters is 2. The molecule has 4 heterocycles. The summed E-state index contributed by atoms with van der Waals surface area (Å²) in [7, 11) is 0. The predicted octanol–water partition coefficient (Wildman–Crippen LogP) is 1.03. The van der Waals surface area contributed by atoms with Crippen LogP contribution in [0.25, 0.3) is 0 Å². The Morgan fingerprint density at radius 3 is 2.29 bits per heavy atom. The first kappa shape index (κ1) is 35.9. The number of rotatable bonds is 7. The lowest BCUT2D eigenvalue weighted by atomic mass is 9.37. The third-order valence-electron chi connectivity index (χ3n) is 12.7. The van der Waals surface area contributed by atoms with Crippen LogP contribution < -0.4 is 0 Å². The van der Waals surface area contributed by atoms with E-state index >= 15 is 0 Å². The van der Waals surface area contributed by atoms with E-state index in [9.17, 15) is 44.7 Å². The van der Waals surface area contributed by atoms with Gasteiger partial charge in [0.15, 0.2) is 12.4 Å². The fraction of sp³-hybridized carbons (Fsp3) is 0.765. The van der Waals surface area contributed by atoms with Crippen molar-refractivity contribution in [2.75, 3.05) is 6.61 Å². The average molecular weight is 695 g/mol. The Bertz CT molecular complexity index is 1490. The van der Waals surface area contributed by atoms with Gasteiger partial charge in [-0.2, -0.15) is 0 Å². The molecule has 3 aliphatic heterocycles. The van der Waals surface area contributed by atoms with Crippen LogP contribution in [0.4, 0.5) is 0 Å². The van der Waals surface area contributed by atoms with Gasteiger partial charge >= 0.3 is 17.9 Å². The largest absolute Gasteiger partial charge is 0.479 e. The molecule has 14 atom stereocenters. The Balaban J connectivity index is 1.51. The van der Waals surface area contributed by atoms with E-state index in [1.165, 1.54) is 19.5 Å². The number of ketones is 1. The van der Waals surface area contributed by atoms with Crippen LogP contribution >= 0.6 is 0 Å². The maximum absolute atomic E-state index is 14.8. The molecule has 6 rings (SSSR count).